The van der Waals surface area contributed by atoms with Crippen LogP contribution in [0, 0.1) is 22.0 Å². The Morgan fingerprint density at radius 3 is 2.63 bits per heavy atom. The largest absolute Gasteiger partial charge is 0.481 e. The normalized spacial score (nSPS) is 13.5. The first-order valence-electron chi connectivity index (χ1n) is 8.24. The van der Waals surface area contributed by atoms with Gasteiger partial charge in [-0.3, -0.25) is 14.9 Å². The van der Waals surface area contributed by atoms with Crippen LogP contribution in [0.15, 0.2) is 36.7 Å². The van der Waals surface area contributed by atoms with E-state index in [0.717, 1.165) is 0 Å². The number of amides is 1. The van der Waals surface area contributed by atoms with Crippen LogP contribution in [0.25, 0.3) is 0 Å². The number of carbonyl (C=O) groups is 1. The van der Waals surface area contributed by atoms with E-state index in [1.807, 2.05) is 4.90 Å². The number of ether oxygens (including phenoxy) is 1. The highest BCUT2D eigenvalue weighted by Gasteiger charge is 2.26. The third-order valence-electron chi connectivity index (χ3n) is 4.09. The number of pyridine rings is 2. The van der Waals surface area contributed by atoms with E-state index in [4.69, 9.17) is 4.74 Å². The van der Waals surface area contributed by atoms with E-state index in [0.29, 0.717) is 43.4 Å². The quantitative estimate of drug-likeness (QED) is 0.455. The average Bonchev–Trinajstić information content (AvgIpc) is 2.72. The Bertz CT molecular complexity index is 896. The lowest BCUT2D eigenvalue weighted by atomic mass is 10.2. The van der Waals surface area contributed by atoms with Crippen LogP contribution >= 0.6 is 0 Å². The van der Waals surface area contributed by atoms with Crippen molar-refractivity contribution >= 4 is 17.4 Å². The molecule has 0 aliphatic carbocycles. The Labute approximate surface area is 155 Å². The van der Waals surface area contributed by atoms with Crippen LogP contribution in [-0.2, 0) is 4.79 Å². The van der Waals surface area contributed by atoms with Crippen LogP contribution in [0.5, 0.6) is 5.88 Å². The predicted molar refractivity (Wildman–Crippen MR) is 97.4 cm³/mol. The number of carbonyl (C=O) groups excluding carboxylic acids is 1. The van der Waals surface area contributed by atoms with Gasteiger partial charge in [0.25, 0.3) is 5.91 Å². The Morgan fingerprint density at radius 2 is 2.00 bits per heavy atom. The summed E-state index contributed by atoms with van der Waals surface area (Å²) in [6.07, 6.45) is 3.06. The van der Waals surface area contributed by atoms with E-state index in [1.54, 1.807) is 17.0 Å². The van der Waals surface area contributed by atoms with Gasteiger partial charge in [-0.25, -0.2) is 9.97 Å². The van der Waals surface area contributed by atoms with Crippen LogP contribution in [-0.4, -0.2) is 59.0 Å². The maximum atomic E-state index is 12.3. The van der Waals surface area contributed by atoms with Gasteiger partial charge in [0.1, 0.15) is 0 Å². The molecule has 3 rings (SSSR count). The van der Waals surface area contributed by atoms with E-state index in [-0.39, 0.29) is 11.6 Å². The SMILES string of the molecule is COc1ccc(C#CC(=O)N2CCN(c3ncccc3[N+](=O)[O-])CC2)cn1. The summed E-state index contributed by atoms with van der Waals surface area (Å²) in [6.45, 7) is 1.74. The second-order valence-corrected chi connectivity index (χ2v) is 5.72. The molecule has 1 fully saturated rings. The fourth-order valence-corrected chi connectivity index (χ4v) is 2.68. The lowest BCUT2D eigenvalue weighted by Crippen LogP contribution is -2.48. The maximum Gasteiger partial charge on any atom is 0.311 e. The molecule has 1 saturated heterocycles. The number of hydrogen-bond acceptors (Lipinski definition) is 7. The Kier molecular flexibility index (Phi) is 5.47. The lowest BCUT2D eigenvalue weighted by molar-refractivity contribution is -0.384. The number of aromatic nitrogens is 2. The van der Waals surface area contributed by atoms with Crippen LogP contribution in [0.2, 0.25) is 0 Å². The van der Waals surface area contributed by atoms with Gasteiger partial charge in [0.2, 0.25) is 11.7 Å². The molecule has 27 heavy (non-hydrogen) atoms. The van der Waals surface area contributed by atoms with E-state index >= 15 is 0 Å². The first kappa shape index (κ1) is 18.1. The minimum atomic E-state index is -0.450. The number of nitrogens with zero attached hydrogens (tertiary/aromatic N) is 5. The lowest BCUT2D eigenvalue weighted by Gasteiger charge is -2.34. The fourth-order valence-electron chi connectivity index (χ4n) is 2.68. The van der Waals surface area contributed by atoms with Crippen molar-refractivity contribution < 1.29 is 14.5 Å². The molecule has 1 aliphatic heterocycles. The van der Waals surface area contributed by atoms with Crippen molar-refractivity contribution in [3.05, 3.63) is 52.3 Å². The molecule has 3 heterocycles. The highest BCUT2D eigenvalue weighted by atomic mass is 16.6. The molecule has 9 nitrogen and oxygen atoms in total. The Morgan fingerprint density at radius 1 is 1.22 bits per heavy atom. The molecule has 2 aromatic rings. The third-order valence-corrected chi connectivity index (χ3v) is 4.09. The first-order valence-corrected chi connectivity index (χ1v) is 8.24. The molecule has 138 valence electrons. The number of piperazine rings is 1. The van der Waals surface area contributed by atoms with Crippen LogP contribution in [0.3, 0.4) is 0 Å². The van der Waals surface area contributed by atoms with Crippen molar-refractivity contribution in [3.63, 3.8) is 0 Å². The molecule has 0 unspecified atom stereocenters. The van der Waals surface area contributed by atoms with Crippen molar-refractivity contribution in [1.82, 2.24) is 14.9 Å². The van der Waals surface area contributed by atoms with Crippen LogP contribution < -0.4 is 9.64 Å². The first-order chi connectivity index (χ1) is 13.1. The molecular formula is C18H17N5O4. The van der Waals surface area contributed by atoms with Crippen molar-refractivity contribution in [2.24, 2.45) is 0 Å². The van der Waals surface area contributed by atoms with Crippen LogP contribution in [0.4, 0.5) is 11.5 Å². The Hall–Kier alpha value is -3.67. The predicted octanol–water partition coefficient (Wildman–Crippen LogP) is 1.09. The van der Waals surface area contributed by atoms with Gasteiger partial charge in [-0.05, 0) is 12.1 Å². The molecule has 1 amide bonds. The van der Waals surface area contributed by atoms with E-state index < -0.39 is 4.92 Å². The maximum absolute atomic E-state index is 12.3. The van der Waals surface area contributed by atoms with Gasteiger partial charge < -0.3 is 14.5 Å². The van der Waals surface area contributed by atoms with E-state index in [2.05, 4.69) is 21.8 Å². The summed E-state index contributed by atoms with van der Waals surface area (Å²) < 4.78 is 4.97. The number of nitro groups is 1. The molecule has 1 aliphatic rings. The van der Waals surface area contributed by atoms with Gasteiger partial charge in [0.15, 0.2) is 0 Å². The second kappa shape index (κ2) is 8.14. The molecule has 0 saturated carbocycles. The van der Waals surface area contributed by atoms with Gasteiger partial charge in [-0.15, -0.1) is 0 Å². The van der Waals surface area contributed by atoms with Crippen molar-refractivity contribution in [2.45, 2.75) is 0 Å². The van der Waals surface area contributed by atoms with Crippen molar-refractivity contribution in [3.8, 4) is 17.7 Å². The molecule has 9 heteroatoms. The highest BCUT2D eigenvalue weighted by molar-refractivity contribution is 5.94. The van der Waals surface area contributed by atoms with Crippen molar-refractivity contribution in [1.29, 1.82) is 0 Å². The monoisotopic (exact) mass is 367 g/mol. The summed E-state index contributed by atoms with van der Waals surface area (Å²) in [5.74, 6) is 5.90. The van der Waals surface area contributed by atoms with Crippen LogP contribution in [0.1, 0.15) is 5.56 Å². The smallest absolute Gasteiger partial charge is 0.311 e. The summed E-state index contributed by atoms with van der Waals surface area (Å²) >= 11 is 0. The van der Waals surface area contributed by atoms with Gasteiger partial charge in [-0.2, -0.15) is 0 Å². The number of methoxy groups -OCH3 is 1. The number of anilines is 1. The zero-order valence-electron chi connectivity index (χ0n) is 14.7. The third kappa shape index (κ3) is 4.30. The summed E-state index contributed by atoms with van der Waals surface area (Å²) in [5, 5.41) is 11.1. The molecule has 0 radical (unpaired) electrons. The zero-order valence-corrected chi connectivity index (χ0v) is 14.7. The average molecular weight is 367 g/mol. The number of rotatable bonds is 3. The minimum Gasteiger partial charge on any atom is -0.481 e. The molecule has 0 N–H and O–H groups in total. The van der Waals surface area contributed by atoms with E-state index in [9.17, 15) is 14.9 Å². The molecule has 0 atom stereocenters. The van der Waals surface area contributed by atoms with E-state index in [1.165, 1.54) is 31.6 Å². The minimum absolute atomic E-state index is 0.0379. The summed E-state index contributed by atoms with van der Waals surface area (Å²) in [7, 11) is 1.52. The molecule has 2 aromatic heterocycles. The fraction of sp³-hybridized carbons (Fsp3) is 0.278. The molecule has 0 aromatic carbocycles. The summed E-state index contributed by atoms with van der Waals surface area (Å²) in [6, 6.07) is 6.36. The standard InChI is InChI=1S/C18H17N5O4/c1-27-16-6-4-14(13-20-16)5-7-17(24)21-9-11-22(12-10-21)18-15(23(25)26)3-2-8-19-18/h2-4,6,8,13H,9-12H2,1H3. The Balaban J connectivity index is 1.61. The topological polar surface area (TPSA) is 102 Å². The molecule has 0 bridgehead atoms. The van der Waals surface area contributed by atoms with Gasteiger partial charge in [0, 0.05) is 62.2 Å². The van der Waals surface area contributed by atoms with Gasteiger partial charge in [-0.1, -0.05) is 5.92 Å². The zero-order chi connectivity index (χ0) is 19.2. The highest BCUT2D eigenvalue weighted by Crippen LogP contribution is 2.25. The van der Waals surface area contributed by atoms with Gasteiger partial charge in [0.05, 0.1) is 12.0 Å². The molecular weight excluding hydrogens is 350 g/mol. The number of hydrogen-bond donors (Lipinski definition) is 0. The van der Waals surface area contributed by atoms with Gasteiger partial charge >= 0.3 is 5.69 Å². The molecule has 0 spiro atoms. The van der Waals surface area contributed by atoms with Crippen molar-refractivity contribution in [2.75, 3.05) is 38.2 Å². The summed E-state index contributed by atoms with van der Waals surface area (Å²) in [5.41, 5.74) is 0.580. The summed E-state index contributed by atoms with van der Waals surface area (Å²) in [4.78, 5) is 34.6. The second-order valence-electron chi connectivity index (χ2n) is 5.72.